The Morgan fingerprint density at radius 3 is 3.05 bits per heavy atom. The van der Waals surface area contributed by atoms with Gasteiger partial charge in [-0.15, -0.1) is 11.3 Å². The average Bonchev–Trinajstić information content (AvgIpc) is 2.99. The molecule has 2 aromatic heterocycles. The minimum Gasteiger partial charge on any atom is -0.354 e. The van der Waals surface area contributed by atoms with E-state index in [4.69, 9.17) is 0 Å². The third-order valence-electron chi connectivity index (χ3n) is 3.30. The molecule has 3 rings (SSSR count). The molecular formula is C14H17N3OS. The standard InChI is InChI=1S/C14H17N3OS/c1-2-10-5-6-12(16-10)13(18)15-7-11-8-19-14(17-11)9-3-4-9/h5-6,8-9,16H,2-4,7H2,1H3,(H,15,18). The molecule has 0 saturated heterocycles. The first kappa shape index (κ1) is 12.4. The maximum absolute atomic E-state index is 11.9. The third kappa shape index (κ3) is 2.87. The lowest BCUT2D eigenvalue weighted by molar-refractivity contribution is 0.0946. The smallest absolute Gasteiger partial charge is 0.268 e. The van der Waals surface area contributed by atoms with Crippen LogP contribution in [0.25, 0.3) is 0 Å². The monoisotopic (exact) mass is 275 g/mol. The number of aromatic amines is 1. The summed E-state index contributed by atoms with van der Waals surface area (Å²) in [4.78, 5) is 19.6. The first-order valence-electron chi connectivity index (χ1n) is 6.66. The molecule has 4 nitrogen and oxygen atoms in total. The van der Waals surface area contributed by atoms with Gasteiger partial charge in [-0.25, -0.2) is 4.98 Å². The van der Waals surface area contributed by atoms with Crippen molar-refractivity contribution >= 4 is 17.2 Å². The van der Waals surface area contributed by atoms with Crippen molar-refractivity contribution < 1.29 is 4.79 Å². The van der Waals surface area contributed by atoms with Crippen molar-refractivity contribution in [1.29, 1.82) is 0 Å². The summed E-state index contributed by atoms with van der Waals surface area (Å²) in [6.07, 6.45) is 3.44. The molecule has 0 radical (unpaired) electrons. The molecule has 1 saturated carbocycles. The first-order chi connectivity index (χ1) is 9.26. The van der Waals surface area contributed by atoms with Gasteiger partial charge in [0.1, 0.15) is 5.69 Å². The highest BCUT2D eigenvalue weighted by molar-refractivity contribution is 7.09. The second-order valence-corrected chi connectivity index (χ2v) is 5.77. The number of carbonyl (C=O) groups is 1. The molecule has 1 aliphatic carbocycles. The lowest BCUT2D eigenvalue weighted by Crippen LogP contribution is -2.23. The molecule has 0 bridgehead atoms. The van der Waals surface area contributed by atoms with Crippen LogP contribution in [0.3, 0.4) is 0 Å². The maximum atomic E-state index is 11.9. The van der Waals surface area contributed by atoms with Crippen molar-refractivity contribution in [3.05, 3.63) is 39.6 Å². The molecule has 0 aromatic carbocycles. The summed E-state index contributed by atoms with van der Waals surface area (Å²) in [7, 11) is 0. The number of nitrogens with one attached hydrogen (secondary N) is 2. The molecule has 0 atom stereocenters. The Bertz CT molecular complexity index is 583. The van der Waals surface area contributed by atoms with E-state index < -0.39 is 0 Å². The Balaban J connectivity index is 1.56. The quantitative estimate of drug-likeness (QED) is 0.881. The Morgan fingerprint density at radius 1 is 1.53 bits per heavy atom. The van der Waals surface area contributed by atoms with E-state index in [2.05, 4.69) is 22.2 Å². The van der Waals surface area contributed by atoms with Gasteiger partial charge in [0, 0.05) is 17.0 Å². The first-order valence-corrected chi connectivity index (χ1v) is 7.54. The van der Waals surface area contributed by atoms with Gasteiger partial charge in [0.2, 0.25) is 0 Å². The van der Waals surface area contributed by atoms with Crippen molar-refractivity contribution in [3.63, 3.8) is 0 Å². The largest absolute Gasteiger partial charge is 0.354 e. The molecule has 2 heterocycles. The molecule has 0 spiro atoms. The zero-order chi connectivity index (χ0) is 13.2. The fourth-order valence-corrected chi connectivity index (χ4v) is 2.96. The highest BCUT2D eigenvalue weighted by atomic mass is 32.1. The number of amides is 1. The molecule has 100 valence electrons. The van der Waals surface area contributed by atoms with E-state index >= 15 is 0 Å². The number of rotatable bonds is 5. The van der Waals surface area contributed by atoms with Gasteiger partial charge in [-0.05, 0) is 31.4 Å². The van der Waals surface area contributed by atoms with Gasteiger partial charge in [-0.3, -0.25) is 4.79 Å². The number of thiazole rings is 1. The SMILES string of the molecule is CCc1ccc(C(=O)NCc2csc(C3CC3)n2)[nH]1. The third-order valence-corrected chi connectivity index (χ3v) is 4.35. The topological polar surface area (TPSA) is 57.8 Å². The average molecular weight is 275 g/mol. The van der Waals surface area contributed by atoms with Crippen molar-refractivity contribution in [2.24, 2.45) is 0 Å². The molecule has 1 amide bonds. The van der Waals surface area contributed by atoms with Gasteiger partial charge < -0.3 is 10.3 Å². The van der Waals surface area contributed by atoms with Crippen LogP contribution in [0.15, 0.2) is 17.5 Å². The molecule has 1 aliphatic rings. The van der Waals surface area contributed by atoms with Crippen LogP contribution in [0, 0.1) is 0 Å². The zero-order valence-electron chi connectivity index (χ0n) is 10.9. The number of hydrogen-bond donors (Lipinski definition) is 2. The summed E-state index contributed by atoms with van der Waals surface area (Å²) in [5, 5.41) is 6.16. The predicted molar refractivity (Wildman–Crippen MR) is 75.4 cm³/mol. The fourth-order valence-electron chi connectivity index (χ4n) is 1.97. The van der Waals surface area contributed by atoms with Crippen LogP contribution in [-0.4, -0.2) is 15.9 Å². The number of H-pyrrole nitrogens is 1. The minimum atomic E-state index is -0.0688. The van der Waals surface area contributed by atoms with Crippen LogP contribution >= 0.6 is 11.3 Å². The lowest BCUT2D eigenvalue weighted by atomic mass is 10.3. The number of carbonyl (C=O) groups excluding carboxylic acids is 1. The van der Waals surface area contributed by atoms with Crippen LogP contribution in [0.5, 0.6) is 0 Å². The van der Waals surface area contributed by atoms with Crippen LogP contribution < -0.4 is 5.32 Å². The van der Waals surface area contributed by atoms with Crippen LogP contribution in [0.1, 0.15) is 52.6 Å². The second kappa shape index (κ2) is 5.17. The van der Waals surface area contributed by atoms with Gasteiger partial charge in [-0.1, -0.05) is 6.92 Å². The normalized spacial score (nSPS) is 14.6. The number of nitrogens with zero attached hydrogens (tertiary/aromatic N) is 1. The van der Waals surface area contributed by atoms with Crippen molar-refractivity contribution in [2.75, 3.05) is 0 Å². The van der Waals surface area contributed by atoms with Crippen molar-refractivity contribution in [2.45, 2.75) is 38.6 Å². The highest BCUT2D eigenvalue weighted by Gasteiger charge is 2.26. The molecule has 1 fully saturated rings. The van der Waals surface area contributed by atoms with Gasteiger partial charge in [0.25, 0.3) is 5.91 Å². The summed E-state index contributed by atoms with van der Waals surface area (Å²) in [5.74, 6) is 0.616. The summed E-state index contributed by atoms with van der Waals surface area (Å²) in [5.41, 5.74) is 2.66. The number of aryl methyl sites for hydroxylation is 1. The van der Waals surface area contributed by atoms with Crippen molar-refractivity contribution in [3.8, 4) is 0 Å². The van der Waals surface area contributed by atoms with Gasteiger partial charge in [0.15, 0.2) is 0 Å². The van der Waals surface area contributed by atoms with Gasteiger partial charge in [-0.2, -0.15) is 0 Å². The molecule has 2 N–H and O–H groups in total. The molecule has 5 heteroatoms. The Hall–Kier alpha value is -1.62. The lowest BCUT2D eigenvalue weighted by Gasteiger charge is -2.01. The van der Waals surface area contributed by atoms with E-state index in [1.54, 1.807) is 11.3 Å². The fraction of sp³-hybridized carbons (Fsp3) is 0.429. The molecule has 0 unspecified atom stereocenters. The van der Waals surface area contributed by atoms with E-state index in [-0.39, 0.29) is 5.91 Å². The van der Waals surface area contributed by atoms with E-state index in [0.717, 1.165) is 17.8 Å². The second-order valence-electron chi connectivity index (χ2n) is 4.88. The number of aromatic nitrogens is 2. The molecular weight excluding hydrogens is 258 g/mol. The molecule has 0 aliphatic heterocycles. The van der Waals surface area contributed by atoms with Gasteiger partial charge in [0.05, 0.1) is 17.2 Å². The maximum Gasteiger partial charge on any atom is 0.268 e. The summed E-state index contributed by atoms with van der Waals surface area (Å²) < 4.78 is 0. The van der Waals surface area contributed by atoms with Crippen LogP contribution in [-0.2, 0) is 13.0 Å². The summed E-state index contributed by atoms with van der Waals surface area (Å²) in [6.45, 7) is 2.56. The Morgan fingerprint density at radius 2 is 2.37 bits per heavy atom. The Kier molecular flexibility index (Phi) is 3.38. The minimum absolute atomic E-state index is 0.0688. The zero-order valence-corrected chi connectivity index (χ0v) is 11.7. The highest BCUT2D eigenvalue weighted by Crippen LogP contribution is 2.41. The van der Waals surface area contributed by atoms with Crippen molar-refractivity contribution in [1.82, 2.24) is 15.3 Å². The predicted octanol–water partition coefficient (Wildman–Crippen LogP) is 2.84. The van der Waals surface area contributed by atoms with Gasteiger partial charge >= 0.3 is 0 Å². The molecule has 2 aromatic rings. The summed E-state index contributed by atoms with van der Waals surface area (Å²) >= 11 is 1.71. The van der Waals surface area contributed by atoms with Crippen LogP contribution in [0.2, 0.25) is 0 Å². The Labute approximate surface area is 116 Å². The molecule has 19 heavy (non-hydrogen) atoms. The summed E-state index contributed by atoms with van der Waals surface area (Å²) in [6, 6.07) is 3.77. The van der Waals surface area contributed by atoms with Crippen LogP contribution in [0.4, 0.5) is 0 Å². The van der Waals surface area contributed by atoms with E-state index in [1.165, 1.54) is 17.8 Å². The van der Waals surface area contributed by atoms with E-state index in [0.29, 0.717) is 18.2 Å². The van der Waals surface area contributed by atoms with E-state index in [9.17, 15) is 4.79 Å². The van der Waals surface area contributed by atoms with E-state index in [1.807, 2.05) is 17.5 Å². The number of hydrogen-bond acceptors (Lipinski definition) is 3.